The third-order valence-electron chi connectivity index (χ3n) is 6.03. The van der Waals surface area contributed by atoms with Crippen LogP contribution < -0.4 is 4.74 Å². The molecule has 0 fully saturated rings. The first-order valence-corrected chi connectivity index (χ1v) is 9.73. The summed E-state index contributed by atoms with van der Waals surface area (Å²) in [6, 6.07) is 1.87. The van der Waals surface area contributed by atoms with Crippen LogP contribution in [0.25, 0.3) is 0 Å². The molecule has 2 N–H and O–H groups in total. The molecule has 0 radical (unpaired) electrons. The van der Waals surface area contributed by atoms with Crippen LogP contribution in [0.4, 0.5) is 0 Å². The molecule has 1 aromatic carbocycles. The van der Waals surface area contributed by atoms with Crippen molar-refractivity contribution in [3.05, 3.63) is 34.4 Å². The topological polar surface area (TPSA) is 66.8 Å². The number of allylic oxidation sites excluding steroid dienone is 2. The fraction of sp³-hybridized carbons (Fsp3) is 0.591. The highest BCUT2D eigenvalue weighted by atomic mass is 16.5. The van der Waals surface area contributed by atoms with Crippen molar-refractivity contribution in [1.82, 2.24) is 0 Å². The number of fused-ring (bicyclic) bond motifs is 3. The zero-order valence-electron chi connectivity index (χ0n) is 16.3. The van der Waals surface area contributed by atoms with E-state index in [1.54, 1.807) is 0 Å². The summed E-state index contributed by atoms with van der Waals surface area (Å²) in [7, 11) is 0. The summed E-state index contributed by atoms with van der Waals surface area (Å²) < 4.78 is 6.30. The standard InChI is InChI=1S/C22H30O4/c1-5-6-7-8-14-12-17-19(20(23)18(14)21(24)25)15-11-13(2)9-10-16(15)22(3,4)26-17/h9,12,15-16,23H,5-8,10-11H2,1-4H3,(H,24,25)/t15?,16-/m1/s1. The number of rotatable bonds is 5. The second-order valence-corrected chi connectivity index (χ2v) is 8.34. The molecule has 0 aromatic heterocycles. The number of hydrogen-bond acceptors (Lipinski definition) is 3. The van der Waals surface area contributed by atoms with Gasteiger partial charge in [0.1, 0.15) is 22.7 Å². The Kier molecular flexibility index (Phi) is 5.05. The van der Waals surface area contributed by atoms with Gasteiger partial charge in [0.25, 0.3) is 0 Å². The van der Waals surface area contributed by atoms with Crippen molar-refractivity contribution in [3.8, 4) is 11.5 Å². The second-order valence-electron chi connectivity index (χ2n) is 8.34. The lowest BCUT2D eigenvalue weighted by molar-refractivity contribution is 0.00743. The van der Waals surface area contributed by atoms with Gasteiger partial charge in [-0.15, -0.1) is 0 Å². The number of hydrogen-bond donors (Lipinski definition) is 2. The smallest absolute Gasteiger partial charge is 0.339 e. The van der Waals surface area contributed by atoms with E-state index in [1.807, 2.05) is 6.07 Å². The molecule has 0 saturated heterocycles. The Hall–Kier alpha value is -1.97. The van der Waals surface area contributed by atoms with Crippen LogP contribution in [0.2, 0.25) is 0 Å². The maximum Gasteiger partial charge on any atom is 0.339 e. The molecule has 0 bridgehead atoms. The number of ether oxygens (including phenoxy) is 1. The third kappa shape index (κ3) is 3.22. The van der Waals surface area contributed by atoms with Gasteiger partial charge in [0.05, 0.1) is 0 Å². The number of benzene rings is 1. The maximum absolute atomic E-state index is 11.9. The number of phenols is 1. The molecular formula is C22H30O4. The number of carbonyl (C=O) groups is 1. The summed E-state index contributed by atoms with van der Waals surface area (Å²) in [5, 5.41) is 20.7. The zero-order valence-corrected chi connectivity index (χ0v) is 16.3. The average molecular weight is 358 g/mol. The van der Waals surface area contributed by atoms with Crippen LogP contribution in [0.15, 0.2) is 17.7 Å². The van der Waals surface area contributed by atoms with E-state index in [0.717, 1.165) is 32.1 Å². The van der Waals surface area contributed by atoms with Gasteiger partial charge in [0.15, 0.2) is 0 Å². The quantitative estimate of drug-likeness (QED) is 0.544. The van der Waals surface area contributed by atoms with Gasteiger partial charge in [-0.2, -0.15) is 0 Å². The largest absolute Gasteiger partial charge is 0.507 e. The first-order chi connectivity index (χ1) is 12.3. The van der Waals surface area contributed by atoms with Crippen molar-refractivity contribution >= 4 is 5.97 Å². The first-order valence-electron chi connectivity index (χ1n) is 9.73. The van der Waals surface area contributed by atoms with Gasteiger partial charge >= 0.3 is 5.97 Å². The predicted molar refractivity (Wildman–Crippen MR) is 102 cm³/mol. The lowest BCUT2D eigenvalue weighted by Gasteiger charge is -2.47. The molecule has 0 amide bonds. The van der Waals surface area contributed by atoms with Crippen molar-refractivity contribution in [2.24, 2.45) is 5.92 Å². The van der Waals surface area contributed by atoms with Gasteiger partial charge < -0.3 is 14.9 Å². The summed E-state index contributed by atoms with van der Waals surface area (Å²) in [5.74, 6) is -0.137. The Balaban J connectivity index is 2.13. The Morgan fingerprint density at radius 2 is 2.08 bits per heavy atom. The number of unbranched alkanes of at least 4 members (excludes halogenated alkanes) is 2. The number of carboxylic acid groups (broad SMARTS) is 1. The molecule has 1 heterocycles. The molecule has 2 atom stereocenters. The summed E-state index contributed by atoms with van der Waals surface area (Å²) in [5.41, 5.74) is 2.39. The summed E-state index contributed by atoms with van der Waals surface area (Å²) in [6.45, 7) is 8.42. The Morgan fingerprint density at radius 3 is 2.73 bits per heavy atom. The van der Waals surface area contributed by atoms with E-state index >= 15 is 0 Å². The van der Waals surface area contributed by atoms with E-state index < -0.39 is 5.97 Å². The average Bonchev–Trinajstić information content (AvgIpc) is 2.53. The molecular weight excluding hydrogens is 328 g/mol. The van der Waals surface area contributed by atoms with Gasteiger partial charge in [-0.25, -0.2) is 4.79 Å². The van der Waals surface area contributed by atoms with Gasteiger partial charge in [0.2, 0.25) is 0 Å². The van der Waals surface area contributed by atoms with E-state index in [4.69, 9.17) is 4.74 Å². The number of aryl methyl sites for hydroxylation is 1. The third-order valence-corrected chi connectivity index (χ3v) is 6.03. The fourth-order valence-electron chi connectivity index (χ4n) is 4.65. The highest BCUT2D eigenvalue weighted by Gasteiger charge is 2.46. The molecule has 0 spiro atoms. The fourth-order valence-corrected chi connectivity index (χ4v) is 4.65. The summed E-state index contributed by atoms with van der Waals surface area (Å²) >= 11 is 0. The first kappa shape index (κ1) is 18.8. The Labute approximate surface area is 155 Å². The van der Waals surface area contributed by atoms with Crippen molar-refractivity contribution in [2.45, 2.75) is 77.7 Å². The van der Waals surface area contributed by atoms with Gasteiger partial charge in [0, 0.05) is 17.4 Å². The van der Waals surface area contributed by atoms with E-state index in [1.165, 1.54) is 5.57 Å². The minimum absolute atomic E-state index is 0.0640. The molecule has 1 aliphatic heterocycles. The molecule has 4 nitrogen and oxygen atoms in total. The number of carboxylic acids is 1. The van der Waals surface area contributed by atoms with Crippen LogP contribution in [0.3, 0.4) is 0 Å². The van der Waals surface area contributed by atoms with Crippen LogP contribution in [0.1, 0.15) is 87.2 Å². The molecule has 4 heteroatoms. The molecule has 1 aliphatic carbocycles. The Morgan fingerprint density at radius 1 is 1.35 bits per heavy atom. The summed E-state index contributed by atoms with van der Waals surface area (Å²) in [4.78, 5) is 11.9. The lowest BCUT2D eigenvalue weighted by Crippen LogP contribution is -2.45. The van der Waals surface area contributed by atoms with E-state index in [2.05, 4.69) is 33.8 Å². The van der Waals surface area contributed by atoms with Crippen LogP contribution in [-0.2, 0) is 6.42 Å². The lowest BCUT2D eigenvalue weighted by atomic mass is 9.66. The number of aromatic hydroxyl groups is 1. The van der Waals surface area contributed by atoms with Gasteiger partial charge in [-0.05, 0) is 58.1 Å². The monoisotopic (exact) mass is 358 g/mol. The maximum atomic E-state index is 11.9. The van der Waals surface area contributed by atoms with Crippen molar-refractivity contribution < 1.29 is 19.7 Å². The normalized spacial score (nSPS) is 23.5. The Bertz CT molecular complexity index is 745. The minimum atomic E-state index is -1.05. The van der Waals surface area contributed by atoms with Crippen LogP contribution in [0, 0.1) is 5.92 Å². The molecule has 2 aliphatic rings. The molecule has 0 saturated carbocycles. The van der Waals surface area contributed by atoms with Gasteiger partial charge in [-0.3, -0.25) is 0 Å². The van der Waals surface area contributed by atoms with Crippen molar-refractivity contribution in [1.29, 1.82) is 0 Å². The summed E-state index contributed by atoms with van der Waals surface area (Å²) in [6.07, 6.45) is 7.64. The zero-order chi connectivity index (χ0) is 19.1. The molecule has 26 heavy (non-hydrogen) atoms. The second kappa shape index (κ2) is 6.98. The van der Waals surface area contributed by atoms with E-state index in [0.29, 0.717) is 23.3 Å². The number of aromatic carboxylic acids is 1. The van der Waals surface area contributed by atoms with Crippen LogP contribution >= 0.6 is 0 Å². The van der Waals surface area contributed by atoms with Crippen molar-refractivity contribution in [3.63, 3.8) is 0 Å². The molecule has 1 aromatic rings. The van der Waals surface area contributed by atoms with E-state index in [-0.39, 0.29) is 28.7 Å². The van der Waals surface area contributed by atoms with Crippen LogP contribution in [-0.4, -0.2) is 21.8 Å². The SMILES string of the molecule is CCCCCc1cc2c(c(O)c1C(=O)O)C1CC(C)=CC[C@H]1C(C)(C)O2. The molecule has 1 unspecified atom stereocenters. The van der Waals surface area contributed by atoms with Gasteiger partial charge in [-0.1, -0.05) is 31.4 Å². The molecule has 142 valence electrons. The van der Waals surface area contributed by atoms with Crippen molar-refractivity contribution in [2.75, 3.05) is 0 Å². The predicted octanol–water partition coefficient (Wildman–Crippen LogP) is 5.43. The highest BCUT2D eigenvalue weighted by molar-refractivity contribution is 5.94. The minimum Gasteiger partial charge on any atom is -0.507 e. The van der Waals surface area contributed by atoms with E-state index in [9.17, 15) is 15.0 Å². The highest BCUT2D eigenvalue weighted by Crippen LogP contribution is 2.55. The van der Waals surface area contributed by atoms with Crippen LogP contribution in [0.5, 0.6) is 11.5 Å². The molecule has 3 rings (SSSR count).